The van der Waals surface area contributed by atoms with Gasteiger partial charge in [0.15, 0.2) is 0 Å². The fourth-order valence-electron chi connectivity index (χ4n) is 3.24. The lowest BCUT2D eigenvalue weighted by Crippen LogP contribution is -2.29. The molecule has 32 heavy (non-hydrogen) atoms. The number of nitrogens with one attached hydrogen (secondary N) is 2. The Kier molecular flexibility index (Phi) is 7.53. The zero-order valence-corrected chi connectivity index (χ0v) is 18.9. The molecule has 0 saturated carbocycles. The van der Waals surface area contributed by atoms with Crippen molar-refractivity contribution in [2.45, 2.75) is 19.9 Å². The van der Waals surface area contributed by atoms with Gasteiger partial charge in [-0.25, -0.2) is 9.07 Å². The van der Waals surface area contributed by atoms with E-state index in [1.54, 1.807) is 37.7 Å². The van der Waals surface area contributed by atoms with Gasteiger partial charge in [-0.2, -0.15) is 0 Å². The van der Waals surface area contributed by atoms with E-state index in [9.17, 15) is 18.8 Å². The Balaban J connectivity index is 1.54. The number of carbonyl (C=O) groups is 2. The maximum Gasteiger partial charge on any atom is 0.295 e. The molecule has 168 valence electrons. The molecule has 1 atom stereocenters. The second kappa shape index (κ2) is 10.3. The summed E-state index contributed by atoms with van der Waals surface area (Å²) in [7, 11) is 1.75. The first-order valence-electron chi connectivity index (χ1n) is 10.0. The quantitative estimate of drug-likeness (QED) is 0.545. The van der Waals surface area contributed by atoms with Crippen molar-refractivity contribution in [3.05, 3.63) is 82.0 Å². The molecule has 0 bridgehead atoms. The molecule has 3 rings (SSSR count). The van der Waals surface area contributed by atoms with Gasteiger partial charge in [0, 0.05) is 7.05 Å². The number of rotatable bonds is 8. The minimum Gasteiger partial charge on any atom is -0.349 e. The standard InChI is InChI=1S/C23H25FN4O3S/c1-15(17-9-11-18(24)12-10-17)25-20(29)13-32-14-21(30)26-22-16(2)27(3)28(23(22)31)19-7-5-4-6-8-19/h4-12,15H,13-14H2,1-3H3,(H,25,29)(H,26,30). The number of anilines is 1. The minimum absolute atomic E-state index is 0.0253. The predicted octanol–water partition coefficient (Wildman–Crippen LogP) is 3.17. The summed E-state index contributed by atoms with van der Waals surface area (Å²) >= 11 is 1.15. The lowest BCUT2D eigenvalue weighted by molar-refractivity contribution is -0.119. The maximum absolute atomic E-state index is 13.0. The molecule has 1 aromatic heterocycles. The summed E-state index contributed by atoms with van der Waals surface area (Å²) in [6.45, 7) is 3.56. The number of para-hydroxylation sites is 1. The highest BCUT2D eigenvalue weighted by Gasteiger charge is 2.18. The maximum atomic E-state index is 13.0. The number of thioether (sulfide) groups is 1. The molecule has 1 unspecified atom stereocenters. The normalized spacial score (nSPS) is 11.8. The Morgan fingerprint density at radius 3 is 2.31 bits per heavy atom. The summed E-state index contributed by atoms with van der Waals surface area (Å²) in [4.78, 5) is 37.4. The first-order chi connectivity index (χ1) is 15.3. The molecule has 0 aliphatic heterocycles. The van der Waals surface area contributed by atoms with E-state index in [1.807, 2.05) is 30.3 Å². The van der Waals surface area contributed by atoms with Gasteiger partial charge >= 0.3 is 0 Å². The molecule has 2 aromatic carbocycles. The van der Waals surface area contributed by atoms with Gasteiger partial charge in [0.25, 0.3) is 5.56 Å². The fraction of sp³-hybridized carbons (Fsp3) is 0.261. The van der Waals surface area contributed by atoms with Crippen molar-refractivity contribution in [2.24, 2.45) is 7.05 Å². The minimum atomic E-state index is -0.361. The molecule has 1 heterocycles. The molecule has 0 spiro atoms. The lowest BCUT2D eigenvalue weighted by Gasteiger charge is -2.14. The Morgan fingerprint density at radius 1 is 1.03 bits per heavy atom. The largest absolute Gasteiger partial charge is 0.349 e. The van der Waals surface area contributed by atoms with Crippen LogP contribution in [-0.2, 0) is 16.6 Å². The van der Waals surface area contributed by atoms with Crippen molar-refractivity contribution in [2.75, 3.05) is 16.8 Å². The third kappa shape index (κ3) is 5.47. The molecule has 2 amide bonds. The van der Waals surface area contributed by atoms with E-state index in [0.29, 0.717) is 11.4 Å². The highest BCUT2D eigenvalue weighted by atomic mass is 32.2. The van der Waals surface area contributed by atoms with Crippen molar-refractivity contribution in [3.8, 4) is 5.69 Å². The van der Waals surface area contributed by atoms with Gasteiger partial charge in [0.2, 0.25) is 11.8 Å². The van der Waals surface area contributed by atoms with E-state index in [1.165, 1.54) is 16.8 Å². The average Bonchev–Trinajstić information content (AvgIpc) is 2.98. The van der Waals surface area contributed by atoms with Crippen molar-refractivity contribution in [3.63, 3.8) is 0 Å². The summed E-state index contributed by atoms with van der Waals surface area (Å²) < 4.78 is 16.2. The number of nitrogens with zero attached hydrogens (tertiary/aromatic N) is 2. The Bertz CT molecular complexity index is 1160. The van der Waals surface area contributed by atoms with E-state index < -0.39 is 0 Å². The van der Waals surface area contributed by atoms with Crippen LogP contribution in [0.25, 0.3) is 5.69 Å². The number of halogens is 1. The molecule has 7 nitrogen and oxygen atoms in total. The van der Waals surface area contributed by atoms with Crippen LogP contribution >= 0.6 is 11.8 Å². The molecule has 0 saturated heterocycles. The van der Waals surface area contributed by atoms with Gasteiger partial charge in [0.05, 0.1) is 28.9 Å². The number of hydrogen-bond acceptors (Lipinski definition) is 4. The van der Waals surface area contributed by atoms with Gasteiger partial charge in [0.1, 0.15) is 11.5 Å². The van der Waals surface area contributed by atoms with Crippen LogP contribution in [0.1, 0.15) is 24.2 Å². The van der Waals surface area contributed by atoms with E-state index >= 15 is 0 Å². The summed E-state index contributed by atoms with van der Waals surface area (Å²) in [6.07, 6.45) is 0. The van der Waals surface area contributed by atoms with Gasteiger partial charge in [-0.05, 0) is 43.7 Å². The first-order valence-corrected chi connectivity index (χ1v) is 11.2. The number of carbonyl (C=O) groups excluding carboxylic acids is 2. The highest BCUT2D eigenvalue weighted by molar-refractivity contribution is 8.00. The lowest BCUT2D eigenvalue weighted by atomic mass is 10.1. The smallest absolute Gasteiger partial charge is 0.295 e. The van der Waals surface area contributed by atoms with Crippen molar-refractivity contribution >= 4 is 29.3 Å². The van der Waals surface area contributed by atoms with Gasteiger partial charge in [-0.3, -0.25) is 19.1 Å². The number of amides is 2. The predicted molar refractivity (Wildman–Crippen MR) is 125 cm³/mol. The second-order valence-electron chi connectivity index (χ2n) is 7.32. The monoisotopic (exact) mass is 456 g/mol. The third-order valence-electron chi connectivity index (χ3n) is 5.03. The fourth-order valence-corrected chi connectivity index (χ4v) is 3.87. The summed E-state index contributed by atoms with van der Waals surface area (Å²) in [5.41, 5.74) is 2.02. The summed E-state index contributed by atoms with van der Waals surface area (Å²) in [5, 5.41) is 5.49. The molecular weight excluding hydrogens is 431 g/mol. The molecule has 0 radical (unpaired) electrons. The zero-order valence-electron chi connectivity index (χ0n) is 18.1. The zero-order chi connectivity index (χ0) is 23.3. The molecule has 2 N–H and O–H groups in total. The van der Waals surface area contributed by atoms with Crippen LogP contribution < -0.4 is 16.2 Å². The molecule has 0 aliphatic carbocycles. The Morgan fingerprint density at radius 2 is 1.66 bits per heavy atom. The number of aromatic nitrogens is 2. The van der Waals surface area contributed by atoms with E-state index in [4.69, 9.17) is 0 Å². The van der Waals surface area contributed by atoms with Crippen LogP contribution in [0.5, 0.6) is 0 Å². The van der Waals surface area contributed by atoms with Crippen LogP contribution in [0.4, 0.5) is 10.1 Å². The third-order valence-corrected chi connectivity index (χ3v) is 5.97. The Hall–Kier alpha value is -3.33. The second-order valence-corrected chi connectivity index (χ2v) is 8.30. The SMILES string of the molecule is Cc1c(NC(=O)CSCC(=O)NC(C)c2ccc(F)cc2)c(=O)n(-c2ccccc2)n1C. The van der Waals surface area contributed by atoms with Crippen LogP contribution in [0.2, 0.25) is 0 Å². The van der Waals surface area contributed by atoms with Crippen molar-refractivity contribution in [1.29, 1.82) is 0 Å². The Labute approximate surface area is 189 Å². The van der Waals surface area contributed by atoms with E-state index in [0.717, 1.165) is 17.3 Å². The van der Waals surface area contributed by atoms with Crippen molar-refractivity contribution in [1.82, 2.24) is 14.7 Å². The van der Waals surface area contributed by atoms with Crippen LogP contribution in [0.3, 0.4) is 0 Å². The van der Waals surface area contributed by atoms with E-state index in [-0.39, 0.29) is 46.4 Å². The van der Waals surface area contributed by atoms with Crippen LogP contribution in [0, 0.1) is 12.7 Å². The van der Waals surface area contributed by atoms with Crippen molar-refractivity contribution < 1.29 is 14.0 Å². The molecule has 3 aromatic rings. The van der Waals surface area contributed by atoms with Crippen LogP contribution in [0.15, 0.2) is 59.4 Å². The van der Waals surface area contributed by atoms with Gasteiger partial charge in [-0.15, -0.1) is 11.8 Å². The first kappa shape index (κ1) is 23.3. The topological polar surface area (TPSA) is 85.1 Å². The number of hydrogen-bond donors (Lipinski definition) is 2. The van der Waals surface area contributed by atoms with Gasteiger partial charge in [-0.1, -0.05) is 30.3 Å². The summed E-state index contributed by atoms with van der Waals surface area (Å²) in [5.74, 6) is -0.821. The van der Waals surface area contributed by atoms with E-state index in [2.05, 4.69) is 10.6 Å². The molecule has 0 aliphatic rings. The molecule has 9 heteroatoms. The average molecular weight is 457 g/mol. The summed E-state index contributed by atoms with van der Waals surface area (Å²) in [6, 6.07) is 14.8. The van der Waals surface area contributed by atoms with Gasteiger partial charge < -0.3 is 10.6 Å². The van der Waals surface area contributed by atoms with Crippen LogP contribution in [-0.4, -0.2) is 32.7 Å². The molecule has 0 fully saturated rings. The number of benzene rings is 2. The highest BCUT2D eigenvalue weighted by Crippen LogP contribution is 2.15. The molecular formula is C23H25FN4O3S.